The van der Waals surface area contributed by atoms with Gasteiger partial charge in [-0.25, -0.2) is 9.97 Å². The first-order valence-corrected chi connectivity index (χ1v) is 10.4. The van der Waals surface area contributed by atoms with Gasteiger partial charge in [0.2, 0.25) is 5.95 Å². The van der Waals surface area contributed by atoms with Gasteiger partial charge >= 0.3 is 7.12 Å². The zero-order chi connectivity index (χ0) is 20.5. The lowest BCUT2D eigenvalue weighted by Gasteiger charge is -2.40. The second-order valence-electron chi connectivity index (χ2n) is 9.20. The van der Waals surface area contributed by atoms with Crippen molar-refractivity contribution in [1.82, 2.24) is 14.9 Å². The summed E-state index contributed by atoms with van der Waals surface area (Å²) in [5.41, 5.74) is 0.106. The van der Waals surface area contributed by atoms with Gasteiger partial charge < -0.3 is 24.2 Å². The van der Waals surface area contributed by atoms with Gasteiger partial charge in [0.15, 0.2) is 0 Å². The summed E-state index contributed by atoms with van der Waals surface area (Å²) in [6.45, 7) is 15.5. The molecule has 0 bridgehead atoms. The Bertz CT molecular complexity index is 629. The molecule has 28 heavy (non-hydrogen) atoms. The summed E-state index contributed by atoms with van der Waals surface area (Å²) in [7, 11) is -0.437. The Labute approximate surface area is 169 Å². The minimum absolute atomic E-state index is 0.224. The summed E-state index contributed by atoms with van der Waals surface area (Å²) in [5.74, 6) is 0.760. The van der Waals surface area contributed by atoms with Crippen LogP contribution >= 0.6 is 0 Å². The number of hydrogen-bond donors (Lipinski definition) is 1. The van der Waals surface area contributed by atoms with E-state index in [1.54, 1.807) is 0 Å². The van der Waals surface area contributed by atoms with Crippen LogP contribution in [0.3, 0.4) is 0 Å². The van der Waals surface area contributed by atoms with Crippen molar-refractivity contribution in [3.63, 3.8) is 0 Å². The van der Waals surface area contributed by atoms with E-state index in [1.165, 1.54) is 0 Å². The Balaban J connectivity index is 1.70. The maximum absolute atomic E-state index is 9.15. The zero-order valence-electron chi connectivity index (χ0n) is 18.2. The molecule has 2 aliphatic heterocycles. The van der Waals surface area contributed by atoms with Gasteiger partial charge in [0.05, 0.1) is 17.8 Å². The van der Waals surface area contributed by atoms with Crippen LogP contribution in [0.2, 0.25) is 0 Å². The minimum Gasteiger partial charge on any atom is -0.399 e. The van der Waals surface area contributed by atoms with Gasteiger partial charge in [-0.3, -0.25) is 0 Å². The molecule has 0 amide bonds. The number of piperidine rings is 1. The van der Waals surface area contributed by atoms with Crippen LogP contribution in [-0.2, 0) is 9.31 Å². The molecule has 3 heterocycles. The van der Waals surface area contributed by atoms with Gasteiger partial charge in [-0.05, 0) is 54.4 Å². The first-order chi connectivity index (χ1) is 13.1. The summed E-state index contributed by atoms with van der Waals surface area (Å²) in [4.78, 5) is 14.0. The predicted molar refractivity (Wildman–Crippen MR) is 112 cm³/mol. The van der Waals surface area contributed by atoms with E-state index in [0.29, 0.717) is 12.1 Å². The van der Waals surface area contributed by atoms with E-state index >= 15 is 0 Å². The highest BCUT2D eigenvalue weighted by Gasteiger charge is 2.52. The molecular formula is C20H35BN4O3. The van der Waals surface area contributed by atoms with E-state index in [1.807, 2.05) is 40.1 Å². The van der Waals surface area contributed by atoms with Crippen LogP contribution in [0.1, 0.15) is 54.4 Å². The molecule has 0 saturated carbocycles. The van der Waals surface area contributed by atoms with Gasteiger partial charge in [-0.1, -0.05) is 0 Å². The van der Waals surface area contributed by atoms with Crippen LogP contribution < -0.4 is 10.4 Å². The summed E-state index contributed by atoms with van der Waals surface area (Å²) in [6.07, 6.45) is 5.78. The molecule has 156 valence electrons. The number of likely N-dealkylation sites (tertiary alicyclic amines) is 1. The van der Waals surface area contributed by atoms with E-state index in [2.05, 4.69) is 33.6 Å². The molecule has 0 spiro atoms. The second kappa shape index (κ2) is 8.26. The lowest BCUT2D eigenvalue weighted by Crippen LogP contribution is -2.49. The van der Waals surface area contributed by atoms with E-state index < -0.39 is 7.12 Å². The molecule has 3 rings (SSSR count). The molecule has 2 aliphatic rings. The molecule has 0 radical (unpaired) electrons. The molecular weight excluding hydrogens is 355 g/mol. The molecule has 0 aromatic carbocycles. The van der Waals surface area contributed by atoms with E-state index in [4.69, 9.17) is 14.4 Å². The van der Waals surface area contributed by atoms with Gasteiger partial charge in [0.25, 0.3) is 0 Å². The lowest BCUT2D eigenvalue weighted by atomic mass is 9.81. The highest BCUT2D eigenvalue weighted by Crippen LogP contribution is 2.36. The largest absolute Gasteiger partial charge is 0.498 e. The molecule has 1 aromatic heterocycles. The van der Waals surface area contributed by atoms with E-state index in [-0.39, 0.29) is 17.8 Å². The molecule has 2 fully saturated rings. The Kier molecular flexibility index (Phi) is 6.34. The van der Waals surface area contributed by atoms with Gasteiger partial charge in [-0.15, -0.1) is 0 Å². The van der Waals surface area contributed by atoms with E-state index in [0.717, 1.165) is 43.9 Å². The van der Waals surface area contributed by atoms with Crippen molar-refractivity contribution in [1.29, 1.82) is 0 Å². The first kappa shape index (κ1) is 21.5. The number of rotatable bonds is 6. The fourth-order valence-electron chi connectivity index (χ4n) is 3.94. The zero-order valence-corrected chi connectivity index (χ0v) is 18.2. The SMILES string of the molecule is CC(C)N(c1ncc(B2OC(C)(C)C(C)(C)O2)cn1)C1CCN(CCO)CC1. The Morgan fingerprint density at radius 1 is 1.14 bits per heavy atom. The smallest absolute Gasteiger partial charge is 0.399 e. The molecule has 2 saturated heterocycles. The first-order valence-electron chi connectivity index (χ1n) is 10.4. The topological polar surface area (TPSA) is 71.0 Å². The molecule has 0 aliphatic carbocycles. The van der Waals surface area contributed by atoms with Crippen molar-refractivity contribution in [3.05, 3.63) is 12.4 Å². The number of hydrogen-bond acceptors (Lipinski definition) is 7. The third-order valence-electron chi connectivity index (χ3n) is 6.34. The number of aliphatic hydroxyl groups is 1. The summed E-state index contributed by atoms with van der Waals surface area (Å²) < 4.78 is 12.2. The van der Waals surface area contributed by atoms with Gasteiger partial charge in [0.1, 0.15) is 0 Å². The quantitative estimate of drug-likeness (QED) is 0.738. The Hall–Kier alpha value is -1.22. The lowest BCUT2D eigenvalue weighted by molar-refractivity contribution is 0.00578. The molecule has 8 heteroatoms. The molecule has 1 aromatic rings. The van der Waals surface area contributed by atoms with Crippen molar-refractivity contribution < 1.29 is 14.4 Å². The summed E-state index contributed by atoms with van der Waals surface area (Å²) in [6, 6.07) is 0.731. The van der Waals surface area contributed by atoms with Crippen molar-refractivity contribution in [2.24, 2.45) is 0 Å². The number of β-amino-alcohol motifs (C(OH)–C–C–N with tert-alkyl or cyclic N) is 1. The third-order valence-corrected chi connectivity index (χ3v) is 6.34. The second-order valence-corrected chi connectivity index (χ2v) is 9.20. The Morgan fingerprint density at radius 3 is 2.14 bits per heavy atom. The normalized spacial score (nSPS) is 22.8. The van der Waals surface area contributed by atoms with Crippen molar-refractivity contribution in [2.75, 3.05) is 31.1 Å². The highest BCUT2D eigenvalue weighted by molar-refractivity contribution is 6.61. The van der Waals surface area contributed by atoms with Gasteiger partial charge in [-0.2, -0.15) is 0 Å². The van der Waals surface area contributed by atoms with E-state index in [9.17, 15) is 0 Å². The van der Waals surface area contributed by atoms with Crippen molar-refractivity contribution >= 4 is 18.5 Å². The van der Waals surface area contributed by atoms with Gasteiger partial charge in [0, 0.05) is 49.6 Å². The monoisotopic (exact) mass is 390 g/mol. The fraction of sp³-hybridized carbons (Fsp3) is 0.800. The number of aliphatic hydroxyl groups excluding tert-OH is 1. The maximum atomic E-state index is 9.15. The van der Waals surface area contributed by atoms with Crippen molar-refractivity contribution in [3.8, 4) is 0 Å². The number of aromatic nitrogens is 2. The summed E-state index contributed by atoms with van der Waals surface area (Å²) >= 11 is 0. The fourth-order valence-corrected chi connectivity index (χ4v) is 3.94. The minimum atomic E-state index is -0.437. The number of nitrogens with zero attached hydrogens (tertiary/aromatic N) is 4. The van der Waals surface area contributed by atoms with Crippen LogP contribution in [0.5, 0.6) is 0 Å². The highest BCUT2D eigenvalue weighted by atomic mass is 16.7. The average molecular weight is 390 g/mol. The van der Waals surface area contributed by atoms with Crippen molar-refractivity contribution in [2.45, 2.75) is 77.7 Å². The molecule has 0 atom stereocenters. The molecule has 0 unspecified atom stereocenters. The average Bonchev–Trinajstić information content (AvgIpc) is 2.85. The van der Waals surface area contributed by atoms with Crippen LogP contribution in [0.25, 0.3) is 0 Å². The molecule has 1 N–H and O–H groups in total. The van der Waals surface area contributed by atoms with Crippen LogP contribution in [0.4, 0.5) is 5.95 Å². The standard InChI is InChI=1S/C20H35BN4O3/c1-15(2)25(17-7-9-24(10-8-17)11-12-26)18-22-13-16(14-23-18)21-27-19(3,4)20(5,6)28-21/h13-15,17,26H,7-12H2,1-6H3. The van der Waals surface area contributed by atoms with Crippen LogP contribution in [0, 0.1) is 0 Å². The summed E-state index contributed by atoms with van der Waals surface area (Å²) in [5, 5.41) is 9.15. The molecule has 7 nitrogen and oxygen atoms in total. The third kappa shape index (κ3) is 4.35. The van der Waals surface area contributed by atoms with Crippen LogP contribution in [0.15, 0.2) is 12.4 Å². The maximum Gasteiger partial charge on any atom is 0.498 e. The number of anilines is 1. The Morgan fingerprint density at radius 2 is 1.68 bits per heavy atom. The van der Waals surface area contributed by atoms with Crippen LogP contribution in [-0.4, -0.2) is 76.6 Å². The predicted octanol–water partition coefficient (Wildman–Crippen LogP) is 1.45.